The Hall–Kier alpha value is -1.68. The molecule has 0 spiro atoms. The summed E-state index contributed by atoms with van der Waals surface area (Å²) in [5, 5.41) is 13.7. The zero-order chi connectivity index (χ0) is 11.3. The van der Waals surface area contributed by atoms with Crippen LogP contribution in [-0.2, 0) is 6.54 Å². The predicted octanol–water partition coefficient (Wildman–Crippen LogP) is 2.26. The standard InChI is InChI=1S/C11H14N2O2/c1-9(2)7-12-8-10-4-3-5-11(6-10)13(14)15/h3-6,12H,1,7-8H2,2H3. The van der Waals surface area contributed by atoms with Crippen LogP contribution in [-0.4, -0.2) is 11.5 Å². The molecule has 0 fully saturated rings. The fraction of sp³-hybridized carbons (Fsp3) is 0.273. The van der Waals surface area contributed by atoms with E-state index in [0.29, 0.717) is 6.54 Å². The van der Waals surface area contributed by atoms with Gasteiger partial charge in [0.2, 0.25) is 0 Å². The zero-order valence-corrected chi connectivity index (χ0v) is 8.69. The summed E-state index contributed by atoms with van der Waals surface area (Å²) < 4.78 is 0. The van der Waals surface area contributed by atoms with Crippen LogP contribution in [0.2, 0.25) is 0 Å². The van der Waals surface area contributed by atoms with Crippen LogP contribution in [0.4, 0.5) is 5.69 Å². The zero-order valence-electron chi connectivity index (χ0n) is 8.69. The Morgan fingerprint density at radius 1 is 1.60 bits per heavy atom. The first kappa shape index (κ1) is 11.4. The van der Waals surface area contributed by atoms with E-state index in [1.165, 1.54) is 6.07 Å². The molecule has 0 bridgehead atoms. The molecule has 1 aromatic carbocycles. The number of hydrogen-bond acceptors (Lipinski definition) is 3. The fourth-order valence-corrected chi connectivity index (χ4v) is 1.20. The SMILES string of the molecule is C=C(C)CNCc1cccc([N+](=O)[O-])c1. The number of non-ortho nitro benzene ring substituents is 1. The van der Waals surface area contributed by atoms with Gasteiger partial charge in [0.25, 0.3) is 5.69 Å². The number of nitrogens with zero attached hydrogens (tertiary/aromatic N) is 1. The van der Waals surface area contributed by atoms with Crippen LogP contribution in [0.3, 0.4) is 0 Å². The Kier molecular flexibility index (Phi) is 4.00. The molecule has 4 heteroatoms. The van der Waals surface area contributed by atoms with Crippen molar-refractivity contribution in [3.05, 3.63) is 52.1 Å². The van der Waals surface area contributed by atoms with Gasteiger partial charge < -0.3 is 5.32 Å². The Morgan fingerprint density at radius 2 is 2.33 bits per heavy atom. The summed E-state index contributed by atoms with van der Waals surface area (Å²) in [6.45, 7) is 7.04. The second kappa shape index (κ2) is 5.26. The second-order valence-electron chi connectivity index (χ2n) is 3.49. The molecule has 0 heterocycles. The van der Waals surface area contributed by atoms with E-state index in [9.17, 15) is 10.1 Å². The van der Waals surface area contributed by atoms with Gasteiger partial charge in [-0.25, -0.2) is 0 Å². The summed E-state index contributed by atoms with van der Waals surface area (Å²) in [4.78, 5) is 10.1. The first-order chi connectivity index (χ1) is 7.09. The summed E-state index contributed by atoms with van der Waals surface area (Å²) in [6, 6.07) is 6.61. The first-order valence-electron chi connectivity index (χ1n) is 4.68. The lowest BCUT2D eigenvalue weighted by Gasteiger charge is -2.03. The van der Waals surface area contributed by atoms with E-state index in [1.54, 1.807) is 12.1 Å². The quantitative estimate of drug-likeness (QED) is 0.456. The Labute approximate surface area is 88.8 Å². The third-order valence-electron chi connectivity index (χ3n) is 1.88. The molecule has 0 radical (unpaired) electrons. The third kappa shape index (κ3) is 3.91. The van der Waals surface area contributed by atoms with Gasteiger partial charge in [-0.05, 0) is 12.5 Å². The lowest BCUT2D eigenvalue weighted by atomic mass is 10.2. The smallest absolute Gasteiger partial charge is 0.269 e. The van der Waals surface area contributed by atoms with Gasteiger partial charge in [-0.2, -0.15) is 0 Å². The number of benzene rings is 1. The molecule has 0 saturated heterocycles. The molecule has 0 aliphatic rings. The molecule has 0 unspecified atom stereocenters. The average molecular weight is 206 g/mol. The van der Waals surface area contributed by atoms with Crippen LogP contribution in [0.25, 0.3) is 0 Å². The maximum Gasteiger partial charge on any atom is 0.269 e. The van der Waals surface area contributed by atoms with Crippen LogP contribution in [0.15, 0.2) is 36.4 Å². The van der Waals surface area contributed by atoms with E-state index in [2.05, 4.69) is 11.9 Å². The maximum absolute atomic E-state index is 10.5. The number of nitro groups is 1. The Balaban J connectivity index is 2.58. The molecule has 1 N–H and O–H groups in total. The number of nitrogens with one attached hydrogen (secondary N) is 1. The summed E-state index contributed by atoms with van der Waals surface area (Å²) in [5.41, 5.74) is 2.08. The molecule has 0 amide bonds. The molecular weight excluding hydrogens is 192 g/mol. The van der Waals surface area contributed by atoms with Crippen molar-refractivity contribution in [2.75, 3.05) is 6.54 Å². The molecule has 0 saturated carbocycles. The van der Waals surface area contributed by atoms with Gasteiger partial charge in [-0.1, -0.05) is 24.3 Å². The molecule has 0 aromatic heterocycles. The summed E-state index contributed by atoms with van der Waals surface area (Å²) in [5.74, 6) is 0. The highest BCUT2D eigenvalue weighted by Crippen LogP contribution is 2.12. The molecule has 4 nitrogen and oxygen atoms in total. The van der Waals surface area contributed by atoms with Crippen molar-refractivity contribution in [3.63, 3.8) is 0 Å². The van der Waals surface area contributed by atoms with Crippen LogP contribution in [0.5, 0.6) is 0 Å². The highest BCUT2D eigenvalue weighted by molar-refractivity contribution is 5.34. The van der Waals surface area contributed by atoms with Crippen molar-refractivity contribution in [3.8, 4) is 0 Å². The summed E-state index contributed by atoms with van der Waals surface area (Å²) in [7, 11) is 0. The molecule has 0 aliphatic carbocycles. The highest BCUT2D eigenvalue weighted by atomic mass is 16.6. The van der Waals surface area contributed by atoms with Gasteiger partial charge in [0.15, 0.2) is 0 Å². The van der Waals surface area contributed by atoms with Gasteiger partial charge in [-0.15, -0.1) is 0 Å². The summed E-state index contributed by atoms with van der Waals surface area (Å²) >= 11 is 0. The van der Waals surface area contributed by atoms with E-state index in [4.69, 9.17) is 0 Å². The van der Waals surface area contributed by atoms with Crippen molar-refractivity contribution in [1.82, 2.24) is 5.32 Å². The van der Waals surface area contributed by atoms with Crippen molar-refractivity contribution in [2.45, 2.75) is 13.5 Å². The van der Waals surface area contributed by atoms with E-state index in [0.717, 1.165) is 17.7 Å². The van der Waals surface area contributed by atoms with E-state index >= 15 is 0 Å². The molecule has 1 aromatic rings. The van der Waals surface area contributed by atoms with Crippen LogP contribution in [0, 0.1) is 10.1 Å². The molecule has 15 heavy (non-hydrogen) atoms. The molecule has 0 atom stereocenters. The molecule has 80 valence electrons. The Bertz CT molecular complexity index is 375. The number of hydrogen-bond donors (Lipinski definition) is 1. The van der Waals surface area contributed by atoms with Crippen molar-refractivity contribution >= 4 is 5.69 Å². The largest absolute Gasteiger partial charge is 0.309 e. The second-order valence-corrected chi connectivity index (χ2v) is 3.49. The lowest BCUT2D eigenvalue weighted by molar-refractivity contribution is -0.384. The number of nitro benzene ring substituents is 1. The van der Waals surface area contributed by atoms with Gasteiger partial charge >= 0.3 is 0 Å². The molecule has 1 rings (SSSR count). The normalized spacial score (nSPS) is 9.93. The van der Waals surface area contributed by atoms with E-state index in [-0.39, 0.29) is 10.6 Å². The van der Waals surface area contributed by atoms with Gasteiger partial charge in [0.1, 0.15) is 0 Å². The molecule has 0 aliphatic heterocycles. The van der Waals surface area contributed by atoms with E-state index in [1.807, 2.05) is 13.0 Å². The maximum atomic E-state index is 10.5. The van der Waals surface area contributed by atoms with E-state index < -0.39 is 0 Å². The van der Waals surface area contributed by atoms with Gasteiger partial charge in [-0.3, -0.25) is 10.1 Å². The number of rotatable bonds is 5. The topological polar surface area (TPSA) is 55.2 Å². The minimum absolute atomic E-state index is 0.129. The average Bonchev–Trinajstić information content (AvgIpc) is 2.17. The van der Waals surface area contributed by atoms with Gasteiger partial charge in [0, 0.05) is 25.2 Å². The fourth-order valence-electron chi connectivity index (χ4n) is 1.20. The minimum Gasteiger partial charge on any atom is -0.309 e. The Morgan fingerprint density at radius 3 is 2.93 bits per heavy atom. The van der Waals surface area contributed by atoms with Crippen LogP contribution in [0.1, 0.15) is 12.5 Å². The van der Waals surface area contributed by atoms with Crippen LogP contribution >= 0.6 is 0 Å². The minimum atomic E-state index is -0.387. The highest BCUT2D eigenvalue weighted by Gasteiger charge is 2.04. The first-order valence-corrected chi connectivity index (χ1v) is 4.68. The van der Waals surface area contributed by atoms with Crippen molar-refractivity contribution in [1.29, 1.82) is 0 Å². The summed E-state index contributed by atoms with van der Waals surface area (Å²) in [6.07, 6.45) is 0. The predicted molar refractivity (Wildman–Crippen MR) is 59.6 cm³/mol. The third-order valence-corrected chi connectivity index (χ3v) is 1.88. The molecular formula is C11H14N2O2. The monoisotopic (exact) mass is 206 g/mol. The van der Waals surface area contributed by atoms with Crippen molar-refractivity contribution < 1.29 is 4.92 Å². The van der Waals surface area contributed by atoms with Crippen molar-refractivity contribution in [2.24, 2.45) is 0 Å². The van der Waals surface area contributed by atoms with Crippen LogP contribution < -0.4 is 5.32 Å². The lowest BCUT2D eigenvalue weighted by Crippen LogP contribution is -2.15. The van der Waals surface area contributed by atoms with Gasteiger partial charge in [0.05, 0.1) is 4.92 Å².